The highest BCUT2D eigenvalue weighted by Gasteiger charge is 2.20. The average molecular weight is 183 g/mol. The maximum atomic E-state index is 8.66. The van der Waals surface area contributed by atoms with Gasteiger partial charge in [0.15, 0.2) is 0 Å². The molecule has 0 atom stereocenters. The first-order valence-electron chi connectivity index (χ1n) is 4.78. The Balaban J connectivity index is 4.35. The zero-order valence-electron chi connectivity index (χ0n) is 9.39. The largest absolute Gasteiger partial charge is 0.411 e. The molecule has 0 aromatic carbocycles. The summed E-state index contributed by atoms with van der Waals surface area (Å²) in [5.74, 6) is 0. The standard InChI is InChI=1S/C11H21NO/c1-6-9(2)7-8-11(4,5)10(3)12-13/h7,13H,6,8H2,1-5H3. The Hall–Kier alpha value is -0.790. The molecular formula is C11H21NO. The monoisotopic (exact) mass is 183 g/mol. The Morgan fingerprint density at radius 3 is 2.31 bits per heavy atom. The van der Waals surface area contributed by atoms with Crippen LogP contribution in [-0.4, -0.2) is 10.9 Å². The van der Waals surface area contributed by atoms with Gasteiger partial charge in [0.1, 0.15) is 0 Å². The van der Waals surface area contributed by atoms with Gasteiger partial charge in [-0.25, -0.2) is 0 Å². The molecular weight excluding hydrogens is 162 g/mol. The van der Waals surface area contributed by atoms with E-state index in [9.17, 15) is 0 Å². The zero-order chi connectivity index (χ0) is 10.5. The second-order valence-corrected chi connectivity index (χ2v) is 4.18. The first-order valence-corrected chi connectivity index (χ1v) is 4.78. The number of hydrogen-bond acceptors (Lipinski definition) is 2. The first-order chi connectivity index (χ1) is 5.94. The van der Waals surface area contributed by atoms with Gasteiger partial charge in [-0.3, -0.25) is 0 Å². The highest BCUT2D eigenvalue weighted by Crippen LogP contribution is 2.24. The molecule has 1 N–H and O–H groups in total. The summed E-state index contributed by atoms with van der Waals surface area (Å²) >= 11 is 0. The van der Waals surface area contributed by atoms with Gasteiger partial charge in [-0.05, 0) is 26.7 Å². The van der Waals surface area contributed by atoms with Crippen molar-refractivity contribution < 1.29 is 5.21 Å². The Morgan fingerprint density at radius 1 is 1.38 bits per heavy atom. The molecule has 2 nitrogen and oxygen atoms in total. The van der Waals surface area contributed by atoms with Crippen LogP contribution in [-0.2, 0) is 0 Å². The van der Waals surface area contributed by atoms with Gasteiger partial charge in [0, 0.05) is 5.41 Å². The topological polar surface area (TPSA) is 32.6 Å². The van der Waals surface area contributed by atoms with E-state index in [2.05, 4.69) is 38.9 Å². The van der Waals surface area contributed by atoms with Gasteiger partial charge in [-0.15, -0.1) is 0 Å². The molecule has 0 radical (unpaired) electrons. The third-order valence-corrected chi connectivity index (χ3v) is 2.65. The lowest BCUT2D eigenvalue weighted by atomic mass is 9.84. The van der Waals surface area contributed by atoms with Gasteiger partial charge in [0.25, 0.3) is 0 Å². The third kappa shape index (κ3) is 4.11. The van der Waals surface area contributed by atoms with E-state index in [4.69, 9.17) is 5.21 Å². The van der Waals surface area contributed by atoms with Crippen LogP contribution in [0.4, 0.5) is 0 Å². The fraction of sp³-hybridized carbons (Fsp3) is 0.727. The number of hydrogen-bond donors (Lipinski definition) is 1. The molecule has 0 aliphatic rings. The fourth-order valence-corrected chi connectivity index (χ4v) is 0.857. The Kier molecular flexibility index (Phi) is 4.74. The minimum absolute atomic E-state index is 0.0365. The molecule has 0 bridgehead atoms. The summed E-state index contributed by atoms with van der Waals surface area (Å²) in [6, 6.07) is 0. The number of oxime groups is 1. The van der Waals surface area contributed by atoms with Crippen LogP contribution in [0.2, 0.25) is 0 Å². The van der Waals surface area contributed by atoms with Crippen LogP contribution >= 0.6 is 0 Å². The smallest absolute Gasteiger partial charge is 0.0599 e. The van der Waals surface area contributed by atoms with Crippen molar-refractivity contribution >= 4 is 5.71 Å². The lowest BCUT2D eigenvalue weighted by molar-refractivity contribution is 0.308. The number of allylic oxidation sites excluding steroid dienone is 2. The van der Waals surface area contributed by atoms with Gasteiger partial charge in [-0.1, -0.05) is 37.6 Å². The van der Waals surface area contributed by atoms with Gasteiger partial charge in [-0.2, -0.15) is 0 Å². The second-order valence-electron chi connectivity index (χ2n) is 4.18. The average Bonchev–Trinajstić information content (AvgIpc) is 2.12. The number of rotatable bonds is 4. The van der Waals surface area contributed by atoms with E-state index in [1.807, 2.05) is 6.92 Å². The maximum absolute atomic E-state index is 8.66. The van der Waals surface area contributed by atoms with E-state index >= 15 is 0 Å². The predicted molar refractivity (Wildman–Crippen MR) is 57.3 cm³/mol. The van der Waals surface area contributed by atoms with Crippen LogP contribution < -0.4 is 0 Å². The minimum Gasteiger partial charge on any atom is -0.411 e. The molecule has 0 aromatic rings. The van der Waals surface area contributed by atoms with E-state index in [1.165, 1.54) is 5.57 Å². The second kappa shape index (κ2) is 5.05. The predicted octanol–water partition coefficient (Wildman–Crippen LogP) is 3.61. The van der Waals surface area contributed by atoms with Crippen molar-refractivity contribution in [2.75, 3.05) is 0 Å². The van der Waals surface area contributed by atoms with Crippen molar-refractivity contribution in [2.24, 2.45) is 10.6 Å². The van der Waals surface area contributed by atoms with Crippen molar-refractivity contribution in [3.8, 4) is 0 Å². The molecule has 0 rings (SSSR count). The molecule has 0 aliphatic carbocycles. The van der Waals surface area contributed by atoms with Crippen molar-refractivity contribution in [1.29, 1.82) is 0 Å². The lowest BCUT2D eigenvalue weighted by Gasteiger charge is -2.21. The Bertz CT molecular complexity index is 214. The molecule has 0 unspecified atom stereocenters. The highest BCUT2D eigenvalue weighted by atomic mass is 16.4. The van der Waals surface area contributed by atoms with Crippen LogP contribution in [0.5, 0.6) is 0 Å². The van der Waals surface area contributed by atoms with E-state index in [-0.39, 0.29) is 5.41 Å². The fourth-order valence-electron chi connectivity index (χ4n) is 0.857. The molecule has 76 valence electrons. The van der Waals surface area contributed by atoms with Crippen LogP contribution in [0.15, 0.2) is 16.8 Å². The van der Waals surface area contributed by atoms with Crippen molar-refractivity contribution in [3.63, 3.8) is 0 Å². The summed E-state index contributed by atoms with van der Waals surface area (Å²) < 4.78 is 0. The van der Waals surface area contributed by atoms with E-state index in [1.54, 1.807) is 0 Å². The van der Waals surface area contributed by atoms with Crippen molar-refractivity contribution in [1.82, 2.24) is 0 Å². The normalized spacial score (nSPS) is 14.8. The summed E-state index contributed by atoms with van der Waals surface area (Å²) in [6.07, 6.45) is 4.24. The van der Waals surface area contributed by atoms with E-state index in [0.717, 1.165) is 18.6 Å². The molecule has 0 spiro atoms. The van der Waals surface area contributed by atoms with Crippen molar-refractivity contribution in [2.45, 2.75) is 47.5 Å². The summed E-state index contributed by atoms with van der Waals surface area (Å²) in [6.45, 7) is 10.3. The molecule has 0 saturated carbocycles. The molecule has 0 amide bonds. The van der Waals surface area contributed by atoms with Gasteiger partial charge >= 0.3 is 0 Å². The van der Waals surface area contributed by atoms with Gasteiger partial charge in [0.2, 0.25) is 0 Å². The van der Waals surface area contributed by atoms with Gasteiger partial charge < -0.3 is 5.21 Å². The molecule has 2 heteroatoms. The molecule has 13 heavy (non-hydrogen) atoms. The van der Waals surface area contributed by atoms with Crippen LogP contribution in [0.25, 0.3) is 0 Å². The quantitative estimate of drug-likeness (QED) is 0.307. The maximum Gasteiger partial charge on any atom is 0.0599 e. The summed E-state index contributed by atoms with van der Waals surface area (Å²) in [5.41, 5.74) is 2.14. The Morgan fingerprint density at radius 2 is 1.92 bits per heavy atom. The van der Waals surface area contributed by atoms with E-state index in [0.29, 0.717) is 0 Å². The molecule has 0 heterocycles. The number of nitrogens with zero attached hydrogens (tertiary/aromatic N) is 1. The first kappa shape index (κ1) is 12.2. The molecule has 0 aliphatic heterocycles. The van der Waals surface area contributed by atoms with Crippen LogP contribution in [0.1, 0.15) is 47.5 Å². The molecule has 0 fully saturated rings. The summed E-state index contributed by atoms with van der Waals surface area (Å²) in [5, 5.41) is 11.9. The van der Waals surface area contributed by atoms with Crippen LogP contribution in [0, 0.1) is 5.41 Å². The lowest BCUT2D eigenvalue weighted by Crippen LogP contribution is -2.20. The van der Waals surface area contributed by atoms with Gasteiger partial charge in [0.05, 0.1) is 5.71 Å². The molecule has 0 saturated heterocycles. The van der Waals surface area contributed by atoms with Crippen molar-refractivity contribution in [3.05, 3.63) is 11.6 Å². The summed E-state index contributed by atoms with van der Waals surface area (Å²) in [7, 11) is 0. The third-order valence-electron chi connectivity index (χ3n) is 2.65. The molecule has 0 aromatic heterocycles. The minimum atomic E-state index is -0.0365. The zero-order valence-corrected chi connectivity index (χ0v) is 9.39. The Labute approximate surface area is 81.3 Å². The van der Waals surface area contributed by atoms with Crippen LogP contribution in [0.3, 0.4) is 0 Å². The highest BCUT2D eigenvalue weighted by molar-refractivity contribution is 5.86. The van der Waals surface area contributed by atoms with E-state index < -0.39 is 0 Å². The SMILES string of the molecule is CCC(C)=CCC(C)(C)C(C)=NO. The summed E-state index contributed by atoms with van der Waals surface area (Å²) in [4.78, 5) is 0.